The third kappa shape index (κ3) is 6.01. The summed E-state index contributed by atoms with van der Waals surface area (Å²) < 4.78 is 10.8. The number of para-hydroxylation sites is 2. The van der Waals surface area contributed by atoms with Crippen LogP contribution in [0.4, 0.5) is 0 Å². The van der Waals surface area contributed by atoms with E-state index in [0.717, 1.165) is 59.3 Å². The van der Waals surface area contributed by atoms with Crippen LogP contribution in [0.1, 0.15) is 17.8 Å². The number of nitrogens with one attached hydrogen (secondary N) is 2. The largest absolute Gasteiger partial charge is 0.497 e. The molecule has 30 heavy (non-hydrogen) atoms. The zero-order valence-corrected chi connectivity index (χ0v) is 20.3. The Hall–Kier alpha value is -2.49. The summed E-state index contributed by atoms with van der Waals surface area (Å²) in [4.78, 5) is 14.5. The van der Waals surface area contributed by atoms with E-state index in [-0.39, 0.29) is 24.0 Å². The van der Waals surface area contributed by atoms with E-state index in [0.29, 0.717) is 6.54 Å². The highest BCUT2D eigenvalue weighted by Crippen LogP contribution is 2.25. The van der Waals surface area contributed by atoms with Gasteiger partial charge in [-0.15, -0.1) is 24.0 Å². The van der Waals surface area contributed by atoms with Crippen molar-refractivity contribution in [2.75, 3.05) is 34.9 Å². The van der Waals surface area contributed by atoms with Crippen molar-refractivity contribution in [3.63, 3.8) is 0 Å². The molecule has 0 spiro atoms. The molecular weight excluding hydrogens is 493 g/mol. The average molecular weight is 523 g/mol. The summed E-state index contributed by atoms with van der Waals surface area (Å²) in [5.74, 6) is 3.43. The van der Waals surface area contributed by atoms with Crippen molar-refractivity contribution in [3.8, 4) is 11.5 Å². The van der Waals surface area contributed by atoms with E-state index >= 15 is 0 Å². The fourth-order valence-electron chi connectivity index (χ4n) is 3.28. The normalized spacial score (nSPS) is 11.1. The molecule has 1 aromatic heterocycles. The van der Waals surface area contributed by atoms with Gasteiger partial charge in [-0.05, 0) is 30.7 Å². The first kappa shape index (κ1) is 23.8. The maximum Gasteiger partial charge on any atom is 0.193 e. The minimum absolute atomic E-state index is 0. The monoisotopic (exact) mass is 523 g/mol. The number of hydrogen-bond acceptors (Lipinski definition) is 4. The van der Waals surface area contributed by atoms with Gasteiger partial charge in [-0.3, -0.25) is 4.99 Å². The number of methoxy groups -OCH3 is 2. The molecule has 0 saturated carbocycles. The van der Waals surface area contributed by atoms with Crippen LogP contribution in [0.25, 0.3) is 11.0 Å². The third-order valence-electron chi connectivity index (χ3n) is 4.79. The van der Waals surface area contributed by atoms with Crippen LogP contribution in [0.3, 0.4) is 0 Å². The lowest BCUT2D eigenvalue weighted by Gasteiger charge is -2.23. The molecule has 1 heterocycles. The van der Waals surface area contributed by atoms with E-state index < -0.39 is 0 Å². The zero-order valence-electron chi connectivity index (χ0n) is 17.9. The molecule has 0 atom stereocenters. The molecule has 0 aliphatic carbocycles. The minimum atomic E-state index is 0. The second-order valence-corrected chi connectivity index (χ2v) is 6.81. The summed E-state index contributed by atoms with van der Waals surface area (Å²) in [6.07, 6.45) is 1.84. The number of imidazole rings is 1. The zero-order chi connectivity index (χ0) is 20.6. The molecular formula is C22H30IN5O2. The van der Waals surface area contributed by atoms with Crippen LogP contribution in [0, 0.1) is 0 Å². The van der Waals surface area contributed by atoms with Crippen LogP contribution in [0.5, 0.6) is 11.5 Å². The molecule has 2 N–H and O–H groups in total. The number of hydrogen-bond donors (Lipinski definition) is 2. The lowest BCUT2D eigenvalue weighted by Crippen LogP contribution is -2.39. The maximum absolute atomic E-state index is 5.50. The number of fused-ring (bicyclic) bond motifs is 1. The van der Waals surface area contributed by atoms with Crippen LogP contribution in [0.2, 0.25) is 0 Å². The molecule has 0 saturated heterocycles. The first-order chi connectivity index (χ1) is 14.1. The highest BCUT2D eigenvalue weighted by molar-refractivity contribution is 14.0. The highest BCUT2D eigenvalue weighted by atomic mass is 127. The molecule has 0 aliphatic heterocycles. The lowest BCUT2D eigenvalue weighted by atomic mass is 10.2. The molecule has 0 amide bonds. The number of rotatable bonds is 8. The van der Waals surface area contributed by atoms with Gasteiger partial charge in [0.25, 0.3) is 0 Å². The second kappa shape index (κ2) is 11.6. The van der Waals surface area contributed by atoms with Gasteiger partial charge in [-0.2, -0.15) is 0 Å². The summed E-state index contributed by atoms with van der Waals surface area (Å²) in [6, 6.07) is 14.0. The predicted octanol–water partition coefficient (Wildman–Crippen LogP) is 3.84. The molecule has 0 unspecified atom stereocenters. The maximum atomic E-state index is 5.50. The Labute approximate surface area is 194 Å². The number of nitrogens with zero attached hydrogens (tertiary/aromatic N) is 3. The number of halogens is 1. The molecule has 162 valence electrons. The second-order valence-electron chi connectivity index (χ2n) is 6.81. The Morgan fingerprint density at radius 2 is 1.97 bits per heavy atom. The molecule has 0 bridgehead atoms. The number of guanidine groups is 1. The number of aromatic amines is 1. The molecule has 0 fully saturated rings. The van der Waals surface area contributed by atoms with E-state index in [1.165, 1.54) is 0 Å². The number of aryl methyl sites for hydroxylation is 1. The Balaban J connectivity index is 0.00000320. The SMILES string of the molecule is CN=C(NCCCc1nc2ccccc2[nH]1)N(C)Cc1ccc(OC)cc1OC.I. The van der Waals surface area contributed by atoms with Crippen molar-refractivity contribution in [1.29, 1.82) is 0 Å². The van der Waals surface area contributed by atoms with E-state index in [2.05, 4.69) is 25.2 Å². The highest BCUT2D eigenvalue weighted by Gasteiger charge is 2.11. The topological polar surface area (TPSA) is 74.8 Å². The van der Waals surface area contributed by atoms with Gasteiger partial charge in [-0.25, -0.2) is 4.98 Å². The van der Waals surface area contributed by atoms with Gasteiger partial charge in [0.05, 0.1) is 25.3 Å². The Kier molecular flexibility index (Phi) is 9.22. The van der Waals surface area contributed by atoms with Gasteiger partial charge in [0.1, 0.15) is 17.3 Å². The van der Waals surface area contributed by atoms with Crippen LogP contribution in [-0.2, 0) is 13.0 Å². The molecule has 7 nitrogen and oxygen atoms in total. The van der Waals surface area contributed by atoms with Gasteiger partial charge >= 0.3 is 0 Å². The van der Waals surface area contributed by atoms with Gasteiger partial charge in [0, 0.05) is 45.2 Å². The lowest BCUT2D eigenvalue weighted by molar-refractivity contribution is 0.382. The Morgan fingerprint density at radius 3 is 2.67 bits per heavy atom. The fourth-order valence-corrected chi connectivity index (χ4v) is 3.28. The number of aromatic nitrogens is 2. The van der Waals surface area contributed by atoms with Crippen LogP contribution in [-0.4, -0.2) is 55.7 Å². The Morgan fingerprint density at radius 1 is 1.17 bits per heavy atom. The molecule has 2 aromatic carbocycles. The van der Waals surface area contributed by atoms with Gasteiger partial charge in [0.2, 0.25) is 0 Å². The fraction of sp³-hybridized carbons (Fsp3) is 0.364. The molecule has 8 heteroatoms. The van der Waals surface area contributed by atoms with Crippen molar-refractivity contribution >= 4 is 41.0 Å². The van der Waals surface area contributed by atoms with Crippen molar-refractivity contribution in [2.45, 2.75) is 19.4 Å². The summed E-state index contributed by atoms with van der Waals surface area (Å²) in [7, 11) is 7.13. The van der Waals surface area contributed by atoms with Gasteiger partial charge < -0.3 is 24.7 Å². The van der Waals surface area contributed by atoms with Crippen LogP contribution < -0.4 is 14.8 Å². The first-order valence-electron chi connectivity index (χ1n) is 9.71. The average Bonchev–Trinajstić information content (AvgIpc) is 3.16. The number of aliphatic imine (C=N–C) groups is 1. The summed E-state index contributed by atoms with van der Waals surface area (Å²) in [5, 5.41) is 3.42. The van der Waals surface area contributed by atoms with Crippen molar-refractivity contribution in [1.82, 2.24) is 20.2 Å². The van der Waals surface area contributed by atoms with E-state index in [1.54, 1.807) is 21.3 Å². The third-order valence-corrected chi connectivity index (χ3v) is 4.79. The molecule has 3 aromatic rings. The summed E-state index contributed by atoms with van der Waals surface area (Å²) in [5.41, 5.74) is 3.17. The van der Waals surface area contributed by atoms with Crippen LogP contribution >= 0.6 is 24.0 Å². The number of H-pyrrole nitrogens is 1. The standard InChI is InChI=1S/C22H29N5O2.HI/c1-23-22(27(2)15-16-11-12-17(28-3)14-20(16)29-4)24-13-7-10-21-25-18-8-5-6-9-19(18)26-21;/h5-6,8-9,11-12,14H,7,10,13,15H2,1-4H3,(H,23,24)(H,25,26);1H. The smallest absolute Gasteiger partial charge is 0.193 e. The predicted molar refractivity (Wildman–Crippen MR) is 132 cm³/mol. The quantitative estimate of drug-likeness (QED) is 0.203. The van der Waals surface area contributed by atoms with Gasteiger partial charge in [-0.1, -0.05) is 12.1 Å². The number of benzene rings is 2. The first-order valence-corrected chi connectivity index (χ1v) is 9.71. The van der Waals surface area contributed by atoms with Gasteiger partial charge in [0.15, 0.2) is 5.96 Å². The van der Waals surface area contributed by atoms with Crippen LogP contribution in [0.15, 0.2) is 47.5 Å². The summed E-state index contributed by atoms with van der Waals surface area (Å²) >= 11 is 0. The Bertz CT molecular complexity index is 940. The van der Waals surface area contributed by atoms with Crippen molar-refractivity contribution in [3.05, 3.63) is 53.9 Å². The van der Waals surface area contributed by atoms with E-state index in [1.807, 2.05) is 49.5 Å². The van der Waals surface area contributed by atoms with Crippen molar-refractivity contribution in [2.24, 2.45) is 4.99 Å². The molecule has 0 radical (unpaired) electrons. The number of ether oxygens (including phenoxy) is 2. The van der Waals surface area contributed by atoms with E-state index in [9.17, 15) is 0 Å². The molecule has 3 rings (SSSR count). The summed E-state index contributed by atoms with van der Waals surface area (Å²) in [6.45, 7) is 1.49. The van der Waals surface area contributed by atoms with Crippen molar-refractivity contribution < 1.29 is 9.47 Å². The van der Waals surface area contributed by atoms with E-state index in [4.69, 9.17) is 9.47 Å². The minimum Gasteiger partial charge on any atom is -0.497 e. The molecule has 0 aliphatic rings.